The van der Waals surface area contributed by atoms with Crippen LogP contribution in [0.2, 0.25) is 0 Å². The fourth-order valence-corrected chi connectivity index (χ4v) is 3.08. The van der Waals surface area contributed by atoms with Crippen LogP contribution in [0.3, 0.4) is 0 Å². The topological polar surface area (TPSA) is 22.8 Å². The highest BCUT2D eigenvalue weighted by atomic mass is 16.5. The molecule has 0 spiro atoms. The van der Waals surface area contributed by atoms with E-state index in [4.69, 9.17) is 16.0 Å². The molecule has 0 atom stereocenters. The first kappa shape index (κ1) is 17.2. The molecule has 0 saturated heterocycles. The monoisotopic (exact) mass is 355 g/mol. The molecule has 27 heavy (non-hydrogen) atoms. The smallest absolute Gasteiger partial charge is 0.258 e. The molecular weight excluding hydrogens is 334 g/mol. The van der Waals surface area contributed by atoms with Crippen LogP contribution in [0.15, 0.2) is 78.9 Å². The van der Waals surface area contributed by atoms with Gasteiger partial charge < -0.3 is 14.3 Å². The van der Waals surface area contributed by atoms with Gasteiger partial charge >= 0.3 is 0 Å². The SMILES string of the molecule is [C-]#[N+]C1(c2ccc(OCc3ccccc3)c(OCc3ccccc3)c2)CC1. The van der Waals surface area contributed by atoms with Gasteiger partial charge in [0, 0.05) is 18.4 Å². The fraction of sp³-hybridized carbons (Fsp3) is 0.208. The highest BCUT2D eigenvalue weighted by Crippen LogP contribution is 2.51. The molecule has 0 bridgehead atoms. The first-order valence-electron chi connectivity index (χ1n) is 9.16. The molecule has 1 aliphatic rings. The second kappa shape index (κ2) is 7.55. The summed E-state index contributed by atoms with van der Waals surface area (Å²) in [7, 11) is 0. The first-order valence-corrected chi connectivity index (χ1v) is 9.16. The van der Waals surface area contributed by atoms with Crippen molar-refractivity contribution < 1.29 is 9.47 Å². The summed E-state index contributed by atoms with van der Waals surface area (Å²) < 4.78 is 12.1. The summed E-state index contributed by atoms with van der Waals surface area (Å²) in [5, 5.41) is 0. The summed E-state index contributed by atoms with van der Waals surface area (Å²) in [5.41, 5.74) is 2.87. The molecule has 0 radical (unpaired) electrons. The molecule has 0 N–H and O–H groups in total. The number of nitrogens with zero attached hydrogens (tertiary/aromatic N) is 1. The summed E-state index contributed by atoms with van der Waals surface area (Å²) in [6.07, 6.45) is 1.83. The van der Waals surface area contributed by atoms with Crippen molar-refractivity contribution in [2.24, 2.45) is 0 Å². The van der Waals surface area contributed by atoms with E-state index in [0.29, 0.717) is 24.7 Å². The fourth-order valence-electron chi connectivity index (χ4n) is 3.08. The zero-order valence-corrected chi connectivity index (χ0v) is 15.1. The van der Waals surface area contributed by atoms with E-state index in [0.717, 1.165) is 29.5 Å². The average molecular weight is 355 g/mol. The summed E-state index contributed by atoms with van der Waals surface area (Å²) in [4.78, 5) is 3.84. The van der Waals surface area contributed by atoms with Crippen molar-refractivity contribution in [2.75, 3.05) is 0 Å². The van der Waals surface area contributed by atoms with Crippen LogP contribution >= 0.6 is 0 Å². The van der Waals surface area contributed by atoms with E-state index >= 15 is 0 Å². The van der Waals surface area contributed by atoms with Gasteiger partial charge in [0.2, 0.25) is 0 Å². The Balaban J connectivity index is 1.56. The second-order valence-corrected chi connectivity index (χ2v) is 6.85. The van der Waals surface area contributed by atoms with Crippen molar-refractivity contribution >= 4 is 0 Å². The van der Waals surface area contributed by atoms with Crippen LogP contribution < -0.4 is 9.47 Å². The molecule has 0 unspecified atom stereocenters. The van der Waals surface area contributed by atoms with Crippen molar-refractivity contribution in [3.63, 3.8) is 0 Å². The Morgan fingerprint density at radius 1 is 0.741 bits per heavy atom. The molecule has 4 rings (SSSR count). The Labute approximate surface area is 160 Å². The predicted molar refractivity (Wildman–Crippen MR) is 106 cm³/mol. The van der Waals surface area contributed by atoms with Crippen LogP contribution in [0.1, 0.15) is 29.5 Å². The lowest BCUT2D eigenvalue weighted by Crippen LogP contribution is -2.04. The Bertz CT molecular complexity index is 941. The maximum Gasteiger partial charge on any atom is 0.258 e. The van der Waals surface area contributed by atoms with Gasteiger partial charge in [-0.1, -0.05) is 60.7 Å². The van der Waals surface area contributed by atoms with Crippen LogP contribution in [0.25, 0.3) is 4.85 Å². The van der Waals surface area contributed by atoms with Crippen molar-refractivity contribution in [1.82, 2.24) is 0 Å². The maximum atomic E-state index is 7.51. The summed E-state index contributed by atoms with van der Waals surface area (Å²) in [5.74, 6) is 1.40. The number of ether oxygens (including phenoxy) is 2. The summed E-state index contributed by atoms with van der Waals surface area (Å²) >= 11 is 0. The number of hydrogen-bond donors (Lipinski definition) is 0. The molecule has 1 saturated carbocycles. The minimum absolute atomic E-state index is 0.358. The molecular formula is C24H21NO2. The van der Waals surface area contributed by atoms with Crippen LogP contribution in [0.5, 0.6) is 11.5 Å². The van der Waals surface area contributed by atoms with E-state index in [-0.39, 0.29) is 5.54 Å². The largest absolute Gasteiger partial charge is 0.485 e. The minimum Gasteiger partial charge on any atom is -0.485 e. The van der Waals surface area contributed by atoms with Gasteiger partial charge in [0.05, 0.1) is 0 Å². The lowest BCUT2D eigenvalue weighted by atomic mass is 10.1. The van der Waals surface area contributed by atoms with Gasteiger partial charge in [-0.2, -0.15) is 0 Å². The summed E-state index contributed by atoms with van der Waals surface area (Å²) in [6.45, 7) is 8.46. The van der Waals surface area contributed by atoms with E-state index in [2.05, 4.69) is 4.85 Å². The second-order valence-electron chi connectivity index (χ2n) is 6.85. The Kier molecular flexibility index (Phi) is 4.80. The standard InChI is InChI=1S/C24H21NO2/c1-25-24(14-15-24)21-12-13-22(26-17-19-8-4-2-5-9-19)23(16-21)27-18-20-10-6-3-7-11-20/h2-13,16H,14-15,17-18H2. The van der Waals surface area contributed by atoms with Crippen LogP contribution in [0.4, 0.5) is 0 Å². The predicted octanol–water partition coefficient (Wildman–Crippen LogP) is 5.75. The van der Waals surface area contributed by atoms with Gasteiger partial charge in [-0.05, 0) is 29.3 Å². The molecule has 3 aromatic rings. The molecule has 1 fully saturated rings. The van der Waals surface area contributed by atoms with Gasteiger partial charge in [0.1, 0.15) is 13.2 Å². The Morgan fingerprint density at radius 3 is 1.81 bits per heavy atom. The van der Waals surface area contributed by atoms with Crippen molar-refractivity contribution in [3.05, 3.63) is 107 Å². The van der Waals surface area contributed by atoms with Crippen LogP contribution in [0, 0.1) is 6.57 Å². The maximum absolute atomic E-state index is 7.51. The zero-order valence-electron chi connectivity index (χ0n) is 15.1. The molecule has 3 heteroatoms. The molecule has 0 aromatic heterocycles. The van der Waals surface area contributed by atoms with Gasteiger partial charge in [-0.25, -0.2) is 6.57 Å². The number of rotatable bonds is 7. The third-order valence-corrected chi connectivity index (χ3v) is 4.89. The van der Waals surface area contributed by atoms with E-state index in [1.54, 1.807) is 0 Å². The Morgan fingerprint density at radius 2 is 1.30 bits per heavy atom. The first-order chi connectivity index (χ1) is 13.3. The van der Waals surface area contributed by atoms with Gasteiger partial charge in [-0.15, -0.1) is 0 Å². The lowest BCUT2D eigenvalue weighted by molar-refractivity contribution is 0.255. The van der Waals surface area contributed by atoms with Crippen molar-refractivity contribution in [2.45, 2.75) is 31.6 Å². The highest BCUT2D eigenvalue weighted by Gasteiger charge is 2.52. The molecule has 0 heterocycles. The highest BCUT2D eigenvalue weighted by molar-refractivity contribution is 5.48. The number of hydrogen-bond acceptors (Lipinski definition) is 2. The molecule has 0 aliphatic heterocycles. The van der Waals surface area contributed by atoms with Crippen LogP contribution in [-0.2, 0) is 18.8 Å². The zero-order chi connectivity index (χ0) is 18.5. The van der Waals surface area contributed by atoms with Gasteiger partial charge in [0.25, 0.3) is 5.54 Å². The lowest BCUT2D eigenvalue weighted by Gasteiger charge is -2.15. The molecule has 0 amide bonds. The normalized spacial score (nSPS) is 14.2. The van der Waals surface area contributed by atoms with E-state index in [1.807, 2.05) is 78.9 Å². The van der Waals surface area contributed by atoms with Gasteiger partial charge in [-0.3, -0.25) is 0 Å². The molecule has 134 valence electrons. The summed E-state index contributed by atoms with van der Waals surface area (Å²) in [6, 6.07) is 26.1. The van der Waals surface area contributed by atoms with Crippen LogP contribution in [-0.4, -0.2) is 0 Å². The Hall–Kier alpha value is -3.25. The van der Waals surface area contributed by atoms with E-state index in [9.17, 15) is 0 Å². The van der Waals surface area contributed by atoms with E-state index < -0.39 is 0 Å². The molecule has 3 aromatic carbocycles. The van der Waals surface area contributed by atoms with E-state index in [1.165, 1.54) is 0 Å². The van der Waals surface area contributed by atoms with Crippen molar-refractivity contribution in [3.8, 4) is 11.5 Å². The average Bonchev–Trinajstić information content (AvgIpc) is 3.54. The molecule has 3 nitrogen and oxygen atoms in total. The van der Waals surface area contributed by atoms with Gasteiger partial charge in [0.15, 0.2) is 11.5 Å². The van der Waals surface area contributed by atoms with Crippen molar-refractivity contribution in [1.29, 1.82) is 0 Å². The number of benzene rings is 3. The third kappa shape index (κ3) is 3.96. The third-order valence-electron chi connectivity index (χ3n) is 4.89. The quantitative estimate of drug-likeness (QED) is 0.503. The molecule has 1 aliphatic carbocycles. The minimum atomic E-state index is -0.358.